The number of para-hydroxylation sites is 1. The van der Waals surface area contributed by atoms with E-state index in [-0.39, 0.29) is 0 Å². The average molecular weight is 321 g/mol. The highest BCUT2D eigenvalue weighted by molar-refractivity contribution is 5.88. The first-order valence-electron chi connectivity index (χ1n) is 8.28. The summed E-state index contributed by atoms with van der Waals surface area (Å²) in [6, 6.07) is 29.0. The predicted octanol–water partition coefficient (Wildman–Crippen LogP) is 5.24. The second-order valence-electron chi connectivity index (χ2n) is 6.01. The summed E-state index contributed by atoms with van der Waals surface area (Å²) in [7, 11) is 0. The summed E-state index contributed by atoms with van der Waals surface area (Å²) in [5.74, 6) is 0.908. The summed E-state index contributed by atoms with van der Waals surface area (Å²) in [5, 5.41) is 2.44. The molecule has 0 aliphatic carbocycles. The van der Waals surface area contributed by atoms with Crippen molar-refractivity contribution in [1.82, 2.24) is 14.5 Å². The lowest BCUT2D eigenvalue weighted by molar-refractivity contribution is 1.08. The third-order valence-electron chi connectivity index (χ3n) is 4.44. The maximum absolute atomic E-state index is 4.87. The summed E-state index contributed by atoms with van der Waals surface area (Å²) in [6.07, 6.45) is 1.81. The lowest BCUT2D eigenvalue weighted by Gasteiger charge is -2.09. The van der Waals surface area contributed by atoms with Gasteiger partial charge >= 0.3 is 0 Å². The van der Waals surface area contributed by atoms with E-state index < -0.39 is 0 Å². The molecule has 0 atom stereocenters. The number of fused-ring (bicyclic) bond motifs is 2. The number of aromatic nitrogens is 3. The Bertz CT molecular complexity index is 1190. The molecule has 3 nitrogen and oxygen atoms in total. The van der Waals surface area contributed by atoms with Gasteiger partial charge in [-0.3, -0.25) is 4.57 Å². The van der Waals surface area contributed by atoms with Crippen LogP contribution in [0, 0.1) is 0 Å². The van der Waals surface area contributed by atoms with Crippen molar-refractivity contribution in [2.24, 2.45) is 0 Å². The second kappa shape index (κ2) is 5.56. The summed E-state index contributed by atoms with van der Waals surface area (Å²) in [6.45, 7) is 0. The molecule has 5 rings (SSSR count). The van der Waals surface area contributed by atoms with Gasteiger partial charge in [0.05, 0.1) is 0 Å². The number of hydrogen-bond acceptors (Lipinski definition) is 2. The van der Waals surface area contributed by atoms with Crippen LogP contribution < -0.4 is 0 Å². The highest BCUT2D eigenvalue weighted by Gasteiger charge is 2.15. The number of nitrogens with zero attached hydrogens (tertiary/aromatic N) is 3. The van der Waals surface area contributed by atoms with Gasteiger partial charge < -0.3 is 0 Å². The first-order chi connectivity index (χ1) is 12.4. The van der Waals surface area contributed by atoms with Crippen molar-refractivity contribution in [3.05, 3.63) is 91.1 Å². The maximum Gasteiger partial charge on any atom is 0.164 e. The van der Waals surface area contributed by atoms with Gasteiger partial charge in [0.15, 0.2) is 5.65 Å². The predicted molar refractivity (Wildman–Crippen MR) is 102 cm³/mol. The molecule has 0 aliphatic heterocycles. The molecule has 0 saturated heterocycles. The zero-order valence-electron chi connectivity index (χ0n) is 13.5. The van der Waals surface area contributed by atoms with E-state index in [4.69, 9.17) is 4.98 Å². The Hall–Kier alpha value is -3.46. The zero-order valence-corrected chi connectivity index (χ0v) is 13.5. The molecule has 25 heavy (non-hydrogen) atoms. The van der Waals surface area contributed by atoms with Gasteiger partial charge in [-0.25, -0.2) is 9.97 Å². The van der Waals surface area contributed by atoms with Gasteiger partial charge in [-0.05, 0) is 41.1 Å². The summed E-state index contributed by atoms with van der Waals surface area (Å²) >= 11 is 0. The molecule has 5 aromatic rings. The molecule has 118 valence electrons. The van der Waals surface area contributed by atoms with Crippen LogP contribution in [0.2, 0.25) is 0 Å². The molecule has 0 bridgehead atoms. The molecule has 0 radical (unpaired) electrons. The van der Waals surface area contributed by atoms with Crippen LogP contribution in [0.3, 0.4) is 0 Å². The number of hydrogen-bond donors (Lipinski definition) is 0. The van der Waals surface area contributed by atoms with Crippen molar-refractivity contribution in [2.45, 2.75) is 0 Å². The topological polar surface area (TPSA) is 30.7 Å². The van der Waals surface area contributed by atoms with E-state index in [1.54, 1.807) is 0 Å². The molecule has 3 aromatic carbocycles. The van der Waals surface area contributed by atoms with Crippen molar-refractivity contribution < 1.29 is 0 Å². The van der Waals surface area contributed by atoms with Crippen LogP contribution in [0.1, 0.15) is 0 Å². The van der Waals surface area contributed by atoms with Crippen LogP contribution in [0.5, 0.6) is 0 Å². The molecule has 2 aromatic heterocycles. The quantitative estimate of drug-likeness (QED) is 0.445. The molecule has 0 amide bonds. The fourth-order valence-electron chi connectivity index (χ4n) is 3.26. The third-order valence-corrected chi connectivity index (χ3v) is 4.44. The number of rotatable bonds is 2. The Labute approximate surface area is 145 Å². The van der Waals surface area contributed by atoms with Gasteiger partial charge in [0, 0.05) is 17.4 Å². The van der Waals surface area contributed by atoms with E-state index in [0.29, 0.717) is 0 Å². The maximum atomic E-state index is 4.87. The molecule has 2 heterocycles. The standard InChI is InChI=1S/C22H15N3/c1-2-9-19(10-3-1)25-21(24-20-11-6-14-23-22(20)25)18-13-12-16-7-4-5-8-17(16)15-18/h1-15H. The lowest BCUT2D eigenvalue weighted by Crippen LogP contribution is -1.98. The molecular formula is C22H15N3. The fraction of sp³-hybridized carbons (Fsp3) is 0. The van der Waals surface area contributed by atoms with Crippen molar-refractivity contribution in [3.63, 3.8) is 0 Å². The smallest absolute Gasteiger partial charge is 0.164 e. The van der Waals surface area contributed by atoms with E-state index in [1.165, 1.54) is 10.8 Å². The molecular weight excluding hydrogens is 306 g/mol. The summed E-state index contributed by atoms with van der Waals surface area (Å²) in [4.78, 5) is 9.43. The Balaban J connectivity index is 1.83. The third kappa shape index (κ3) is 2.29. The lowest BCUT2D eigenvalue weighted by atomic mass is 10.1. The Morgan fingerprint density at radius 3 is 2.36 bits per heavy atom. The fourth-order valence-corrected chi connectivity index (χ4v) is 3.26. The Morgan fingerprint density at radius 2 is 1.48 bits per heavy atom. The Kier molecular flexibility index (Phi) is 3.10. The normalized spacial score (nSPS) is 11.2. The zero-order chi connectivity index (χ0) is 16.6. The van der Waals surface area contributed by atoms with E-state index in [0.717, 1.165) is 28.2 Å². The monoisotopic (exact) mass is 321 g/mol. The number of benzene rings is 3. The minimum absolute atomic E-state index is 0.872. The van der Waals surface area contributed by atoms with Gasteiger partial charge in [-0.2, -0.15) is 0 Å². The highest BCUT2D eigenvalue weighted by atomic mass is 15.1. The van der Waals surface area contributed by atoms with Crippen LogP contribution in [-0.2, 0) is 0 Å². The molecule has 0 aliphatic rings. The number of pyridine rings is 1. The van der Waals surface area contributed by atoms with Crippen molar-refractivity contribution >= 4 is 21.9 Å². The molecule has 0 unspecified atom stereocenters. The molecule has 0 N–H and O–H groups in total. The van der Waals surface area contributed by atoms with Gasteiger partial charge in [0.2, 0.25) is 0 Å². The van der Waals surface area contributed by atoms with Crippen molar-refractivity contribution in [3.8, 4) is 17.1 Å². The minimum atomic E-state index is 0.872. The SMILES string of the molecule is c1ccc(-n2c(-c3ccc4ccccc4c3)nc3cccnc32)cc1. The Morgan fingerprint density at radius 1 is 0.680 bits per heavy atom. The first-order valence-corrected chi connectivity index (χ1v) is 8.28. The summed E-state index contributed by atoms with van der Waals surface area (Å²) in [5.41, 5.74) is 3.92. The average Bonchev–Trinajstić information content (AvgIpc) is 3.08. The van der Waals surface area contributed by atoms with Crippen LogP contribution in [-0.4, -0.2) is 14.5 Å². The van der Waals surface area contributed by atoms with E-state index in [9.17, 15) is 0 Å². The van der Waals surface area contributed by atoms with Gasteiger partial charge in [-0.1, -0.05) is 54.6 Å². The highest BCUT2D eigenvalue weighted by Crippen LogP contribution is 2.29. The largest absolute Gasteiger partial charge is 0.277 e. The van der Waals surface area contributed by atoms with Crippen LogP contribution in [0.25, 0.3) is 39.0 Å². The van der Waals surface area contributed by atoms with Gasteiger partial charge in [-0.15, -0.1) is 0 Å². The molecule has 0 fully saturated rings. The van der Waals surface area contributed by atoms with E-state index in [2.05, 4.69) is 64.1 Å². The molecule has 0 saturated carbocycles. The van der Waals surface area contributed by atoms with Gasteiger partial charge in [0.1, 0.15) is 11.3 Å². The number of imidazole rings is 1. The second-order valence-corrected chi connectivity index (χ2v) is 6.01. The van der Waals surface area contributed by atoms with Crippen LogP contribution in [0.15, 0.2) is 91.1 Å². The molecule has 3 heteroatoms. The first kappa shape index (κ1) is 13.9. The summed E-state index contributed by atoms with van der Waals surface area (Å²) < 4.78 is 2.12. The van der Waals surface area contributed by atoms with Gasteiger partial charge in [0.25, 0.3) is 0 Å². The minimum Gasteiger partial charge on any atom is -0.277 e. The van der Waals surface area contributed by atoms with Crippen molar-refractivity contribution in [1.29, 1.82) is 0 Å². The van der Waals surface area contributed by atoms with Crippen LogP contribution >= 0.6 is 0 Å². The molecule has 0 spiro atoms. The van der Waals surface area contributed by atoms with E-state index in [1.807, 2.05) is 36.5 Å². The van der Waals surface area contributed by atoms with Crippen molar-refractivity contribution in [2.75, 3.05) is 0 Å². The van der Waals surface area contributed by atoms with E-state index >= 15 is 0 Å². The van der Waals surface area contributed by atoms with Crippen LogP contribution in [0.4, 0.5) is 0 Å².